The van der Waals surface area contributed by atoms with Gasteiger partial charge in [-0.3, -0.25) is 4.79 Å². The number of carbonyl (C=O) groups is 1. The third-order valence-corrected chi connectivity index (χ3v) is 6.03. The number of hydrogen-bond donors (Lipinski definition) is 2. The Morgan fingerprint density at radius 2 is 1.96 bits per heavy atom. The molecule has 1 heterocycles. The van der Waals surface area contributed by atoms with Gasteiger partial charge in [-0.1, -0.05) is 30.3 Å². The predicted molar refractivity (Wildman–Crippen MR) is 95.7 cm³/mol. The van der Waals surface area contributed by atoms with Crippen LogP contribution in [0, 0.1) is 0 Å². The summed E-state index contributed by atoms with van der Waals surface area (Å²) in [7, 11) is -2.20. The van der Waals surface area contributed by atoms with Gasteiger partial charge in [0, 0.05) is 25.0 Å². The van der Waals surface area contributed by atoms with E-state index in [1.165, 1.54) is 18.5 Å². The van der Waals surface area contributed by atoms with Crippen molar-refractivity contribution in [2.24, 2.45) is 5.73 Å². The van der Waals surface area contributed by atoms with Crippen LogP contribution in [0.5, 0.6) is 0 Å². The molecule has 0 aliphatic heterocycles. The van der Waals surface area contributed by atoms with E-state index < -0.39 is 10.0 Å². The second kappa shape index (κ2) is 8.39. The Bertz CT molecular complexity index is 773. The molecule has 8 heteroatoms. The van der Waals surface area contributed by atoms with E-state index in [0.29, 0.717) is 24.5 Å². The van der Waals surface area contributed by atoms with Crippen molar-refractivity contribution in [2.75, 3.05) is 26.7 Å². The zero-order valence-corrected chi connectivity index (χ0v) is 15.1. The van der Waals surface area contributed by atoms with Gasteiger partial charge in [-0.25, -0.2) is 13.1 Å². The minimum Gasteiger partial charge on any atom is -0.336 e. The third kappa shape index (κ3) is 4.64. The molecular formula is C16H21N3O3S2. The molecule has 0 radical (unpaired) electrons. The van der Waals surface area contributed by atoms with Gasteiger partial charge in [-0.2, -0.15) is 0 Å². The van der Waals surface area contributed by atoms with Crippen molar-refractivity contribution in [3.8, 4) is 0 Å². The molecule has 3 N–H and O–H groups in total. The standard InChI is InChI=1S/C16H21N3O3S2/c1-18-24(21,22)14-11-15(23-12-14)16(20)19(10-8-17)9-7-13-5-3-2-4-6-13/h2-6,11-12,18H,7-10,17H2,1H3. The highest BCUT2D eigenvalue weighted by Gasteiger charge is 2.21. The molecule has 0 bridgehead atoms. The fraction of sp³-hybridized carbons (Fsp3) is 0.312. The number of hydrogen-bond acceptors (Lipinski definition) is 5. The monoisotopic (exact) mass is 367 g/mol. The maximum absolute atomic E-state index is 12.7. The Morgan fingerprint density at radius 1 is 1.25 bits per heavy atom. The Hall–Kier alpha value is -1.74. The van der Waals surface area contributed by atoms with Crippen molar-refractivity contribution in [3.05, 3.63) is 52.2 Å². The topological polar surface area (TPSA) is 92.5 Å². The lowest BCUT2D eigenvalue weighted by Crippen LogP contribution is -2.36. The molecule has 2 aromatic rings. The van der Waals surface area contributed by atoms with Crippen LogP contribution in [-0.2, 0) is 16.4 Å². The lowest BCUT2D eigenvalue weighted by atomic mass is 10.1. The smallest absolute Gasteiger partial charge is 0.264 e. The second-order valence-corrected chi connectivity index (χ2v) is 7.97. The van der Waals surface area contributed by atoms with Gasteiger partial charge < -0.3 is 10.6 Å². The second-order valence-electron chi connectivity index (χ2n) is 5.17. The molecule has 1 aromatic carbocycles. The summed E-state index contributed by atoms with van der Waals surface area (Å²) >= 11 is 1.12. The largest absolute Gasteiger partial charge is 0.336 e. The Kier molecular flexibility index (Phi) is 6.50. The Labute approximate surface area is 146 Å². The number of nitrogens with one attached hydrogen (secondary N) is 1. The zero-order valence-electron chi connectivity index (χ0n) is 13.4. The summed E-state index contributed by atoms with van der Waals surface area (Å²) in [6.45, 7) is 1.32. The van der Waals surface area contributed by atoms with Gasteiger partial charge in [0.15, 0.2) is 0 Å². The molecule has 130 valence electrons. The Morgan fingerprint density at radius 3 is 2.58 bits per heavy atom. The van der Waals surface area contributed by atoms with Gasteiger partial charge in [0.2, 0.25) is 10.0 Å². The highest BCUT2D eigenvalue weighted by atomic mass is 32.2. The average molecular weight is 367 g/mol. The number of carbonyl (C=O) groups excluding carboxylic acids is 1. The number of amides is 1. The van der Waals surface area contributed by atoms with Crippen LogP contribution >= 0.6 is 11.3 Å². The summed E-state index contributed by atoms with van der Waals surface area (Å²) in [5.74, 6) is -0.195. The summed E-state index contributed by atoms with van der Waals surface area (Å²) in [4.78, 5) is 14.8. The fourth-order valence-corrected chi connectivity index (χ4v) is 4.20. The molecule has 6 nitrogen and oxygen atoms in total. The summed E-state index contributed by atoms with van der Waals surface area (Å²) in [5, 5.41) is 1.47. The van der Waals surface area contributed by atoms with E-state index in [-0.39, 0.29) is 10.8 Å². The minimum atomic E-state index is -3.54. The van der Waals surface area contributed by atoms with E-state index in [1.807, 2.05) is 30.3 Å². The lowest BCUT2D eigenvalue weighted by molar-refractivity contribution is 0.0767. The van der Waals surface area contributed by atoms with Gasteiger partial charge in [-0.15, -0.1) is 11.3 Å². The number of thiophene rings is 1. The number of nitrogens with zero attached hydrogens (tertiary/aromatic N) is 1. The quantitative estimate of drug-likeness (QED) is 0.735. The summed E-state index contributed by atoms with van der Waals surface area (Å²) in [6.07, 6.45) is 0.722. The van der Waals surface area contributed by atoms with E-state index in [9.17, 15) is 13.2 Å². The van der Waals surface area contributed by atoms with Gasteiger partial charge in [0.25, 0.3) is 5.91 Å². The highest BCUT2D eigenvalue weighted by Crippen LogP contribution is 2.20. The van der Waals surface area contributed by atoms with Crippen LogP contribution in [0.3, 0.4) is 0 Å². The van der Waals surface area contributed by atoms with Crippen LogP contribution in [0.4, 0.5) is 0 Å². The fourth-order valence-electron chi connectivity index (χ4n) is 2.23. The van der Waals surface area contributed by atoms with E-state index in [0.717, 1.165) is 23.3 Å². The molecule has 2 rings (SSSR count). The molecular weight excluding hydrogens is 346 g/mol. The van der Waals surface area contributed by atoms with Crippen LogP contribution in [0.25, 0.3) is 0 Å². The zero-order chi connectivity index (χ0) is 17.6. The van der Waals surface area contributed by atoms with E-state index >= 15 is 0 Å². The van der Waals surface area contributed by atoms with Crippen LogP contribution in [0.15, 0.2) is 46.7 Å². The highest BCUT2D eigenvalue weighted by molar-refractivity contribution is 7.89. The lowest BCUT2D eigenvalue weighted by Gasteiger charge is -2.21. The van der Waals surface area contributed by atoms with E-state index in [1.54, 1.807) is 4.90 Å². The molecule has 0 saturated carbocycles. The molecule has 0 aliphatic rings. The number of benzene rings is 1. The van der Waals surface area contributed by atoms with Crippen molar-refractivity contribution >= 4 is 27.3 Å². The van der Waals surface area contributed by atoms with Crippen LogP contribution in [0.2, 0.25) is 0 Å². The maximum atomic E-state index is 12.7. The van der Waals surface area contributed by atoms with E-state index in [2.05, 4.69) is 4.72 Å². The van der Waals surface area contributed by atoms with Crippen LogP contribution < -0.4 is 10.5 Å². The Balaban J connectivity index is 2.11. The molecule has 0 aliphatic carbocycles. The first kappa shape index (κ1) is 18.6. The first-order valence-electron chi connectivity index (χ1n) is 7.53. The maximum Gasteiger partial charge on any atom is 0.264 e. The molecule has 0 unspecified atom stereocenters. The predicted octanol–water partition coefficient (Wildman–Crippen LogP) is 1.30. The SMILES string of the molecule is CNS(=O)(=O)c1csc(C(=O)N(CCN)CCc2ccccc2)c1. The van der Waals surface area contributed by atoms with Gasteiger partial charge in [0.05, 0.1) is 9.77 Å². The van der Waals surface area contributed by atoms with Gasteiger partial charge >= 0.3 is 0 Å². The van der Waals surface area contributed by atoms with Crippen molar-refractivity contribution in [1.82, 2.24) is 9.62 Å². The number of nitrogens with two attached hydrogens (primary N) is 1. The summed E-state index contributed by atoms with van der Waals surface area (Å²) < 4.78 is 25.8. The molecule has 24 heavy (non-hydrogen) atoms. The van der Waals surface area contributed by atoms with Crippen molar-refractivity contribution in [3.63, 3.8) is 0 Å². The van der Waals surface area contributed by atoms with Gasteiger partial charge in [0.1, 0.15) is 0 Å². The molecule has 1 aromatic heterocycles. The number of rotatable bonds is 8. The molecule has 0 spiro atoms. The number of sulfonamides is 1. The third-order valence-electron chi connectivity index (χ3n) is 3.56. The van der Waals surface area contributed by atoms with Crippen LogP contribution in [0.1, 0.15) is 15.2 Å². The molecule has 0 saturated heterocycles. The molecule has 0 atom stereocenters. The molecule has 0 fully saturated rings. The van der Waals surface area contributed by atoms with E-state index in [4.69, 9.17) is 5.73 Å². The normalized spacial score (nSPS) is 11.4. The van der Waals surface area contributed by atoms with Crippen molar-refractivity contribution < 1.29 is 13.2 Å². The first-order valence-corrected chi connectivity index (χ1v) is 9.89. The molecule has 1 amide bonds. The first-order chi connectivity index (χ1) is 11.5. The van der Waals surface area contributed by atoms with Crippen molar-refractivity contribution in [2.45, 2.75) is 11.3 Å². The van der Waals surface area contributed by atoms with Gasteiger partial charge in [-0.05, 0) is 25.1 Å². The summed E-state index contributed by atoms with van der Waals surface area (Å²) in [5.41, 5.74) is 6.75. The minimum absolute atomic E-state index is 0.106. The summed E-state index contributed by atoms with van der Waals surface area (Å²) in [6, 6.07) is 11.3. The average Bonchev–Trinajstić information content (AvgIpc) is 3.10. The van der Waals surface area contributed by atoms with Crippen molar-refractivity contribution in [1.29, 1.82) is 0 Å². The van der Waals surface area contributed by atoms with Crippen LogP contribution in [-0.4, -0.2) is 45.9 Å².